The molecule has 2 aromatic rings. The van der Waals surface area contributed by atoms with Gasteiger partial charge >= 0.3 is 0 Å². The summed E-state index contributed by atoms with van der Waals surface area (Å²) in [6, 6.07) is 15.4. The number of amides is 3. The minimum Gasteiger partial charge on any atom is -0.378 e. The van der Waals surface area contributed by atoms with Gasteiger partial charge in [0.2, 0.25) is 5.91 Å². The van der Waals surface area contributed by atoms with Crippen LogP contribution >= 0.6 is 27.7 Å². The number of hydrazone groups is 1. The van der Waals surface area contributed by atoms with Gasteiger partial charge in [0.05, 0.1) is 17.5 Å². The van der Waals surface area contributed by atoms with E-state index in [1.54, 1.807) is 0 Å². The summed E-state index contributed by atoms with van der Waals surface area (Å²) in [6.07, 6.45) is 0.547. The molecular weight excluding hydrogens is 480 g/mol. The summed E-state index contributed by atoms with van der Waals surface area (Å²) in [5, 5.41) is 5.65. The van der Waals surface area contributed by atoms with Crippen molar-refractivity contribution >= 4 is 56.1 Å². The van der Waals surface area contributed by atoms with Crippen molar-refractivity contribution in [3.63, 3.8) is 0 Å². The minimum absolute atomic E-state index is 0.0783. The van der Waals surface area contributed by atoms with Crippen molar-refractivity contribution < 1.29 is 14.4 Å². The largest absolute Gasteiger partial charge is 0.378 e. The average molecular weight is 501 g/mol. The van der Waals surface area contributed by atoms with E-state index in [0.717, 1.165) is 43.7 Å². The van der Waals surface area contributed by atoms with Gasteiger partial charge in [-0.15, -0.1) is 0 Å². The second kappa shape index (κ2) is 8.84. The molecule has 4 rings (SSSR count). The molecule has 1 unspecified atom stereocenters. The molecule has 0 aromatic heterocycles. The second-order valence-electron chi connectivity index (χ2n) is 7.53. The molecule has 31 heavy (non-hydrogen) atoms. The predicted octanol–water partition coefficient (Wildman–Crippen LogP) is 3.89. The summed E-state index contributed by atoms with van der Waals surface area (Å²) in [5.41, 5.74) is 3.72. The molecule has 0 spiro atoms. The maximum Gasteiger partial charge on any atom is 0.289 e. The number of halogens is 1. The molecule has 0 N–H and O–H groups in total. The molecule has 2 aromatic carbocycles. The lowest BCUT2D eigenvalue weighted by atomic mass is 9.98. The number of anilines is 1. The summed E-state index contributed by atoms with van der Waals surface area (Å²) in [4.78, 5) is 40.1. The van der Waals surface area contributed by atoms with Gasteiger partial charge in [-0.2, -0.15) is 5.10 Å². The standard InChI is InChI=1S/C22H21BrN4O3S/c1-25(2)17-9-5-15(6-10-17)19-11-18(14-3-7-16(23)8-4-14)24-27(19)20(28)12-26-21(29)13-31-22(26)30/h3-10,19H,11-13H2,1-2H3. The van der Waals surface area contributed by atoms with Crippen molar-refractivity contribution in [2.24, 2.45) is 5.10 Å². The van der Waals surface area contributed by atoms with Crippen molar-refractivity contribution in [3.8, 4) is 0 Å². The molecule has 1 fully saturated rings. The van der Waals surface area contributed by atoms with E-state index >= 15 is 0 Å². The molecule has 0 aliphatic carbocycles. The van der Waals surface area contributed by atoms with Crippen LogP contribution in [0.5, 0.6) is 0 Å². The highest BCUT2D eigenvalue weighted by molar-refractivity contribution is 9.10. The van der Waals surface area contributed by atoms with Crippen LogP contribution in [0.15, 0.2) is 58.1 Å². The Morgan fingerprint density at radius 2 is 1.81 bits per heavy atom. The van der Waals surface area contributed by atoms with E-state index < -0.39 is 0 Å². The molecule has 0 bridgehead atoms. The third-order valence-electron chi connectivity index (χ3n) is 5.27. The Morgan fingerprint density at radius 3 is 2.39 bits per heavy atom. The number of thioether (sulfide) groups is 1. The Bertz CT molecular complexity index is 1040. The van der Waals surface area contributed by atoms with Gasteiger partial charge in [-0.1, -0.05) is 52.0 Å². The first-order chi connectivity index (χ1) is 14.8. The van der Waals surface area contributed by atoms with Crippen LogP contribution in [-0.4, -0.2) is 59.1 Å². The highest BCUT2D eigenvalue weighted by Crippen LogP contribution is 2.34. The van der Waals surface area contributed by atoms with Gasteiger partial charge in [0, 0.05) is 30.7 Å². The Kier molecular flexibility index (Phi) is 6.15. The monoisotopic (exact) mass is 500 g/mol. The quantitative estimate of drug-likeness (QED) is 0.622. The zero-order chi connectivity index (χ0) is 22.1. The number of hydrogen-bond donors (Lipinski definition) is 0. The highest BCUT2D eigenvalue weighted by atomic mass is 79.9. The van der Waals surface area contributed by atoms with Crippen molar-refractivity contribution in [3.05, 3.63) is 64.1 Å². The Balaban J connectivity index is 1.63. The van der Waals surface area contributed by atoms with Crippen LogP contribution in [0.4, 0.5) is 10.5 Å². The van der Waals surface area contributed by atoms with E-state index in [1.165, 1.54) is 5.01 Å². The number of rotatable bonds is 5. The fourth-order valence-electron chi connectivity index (χ4n) is 3.55. The molecule has 0 saturated carbocycles. The number of benzene rings is 2. The summed E-state index contributed by atoms with van der Waals surface area (Å²) >= 11 is 4.36. The van der Waals surface area contributed by atoms with Gasteiger partial charge in [-0.3, -0.25) is 19.3 Å². The van der Waals surface area contributed by atoms with Gasteiger partial charge < -0.3 is 4.90 Å². The van der Waals surface area contributed by atoms with Crippen molar-refractivity contribution in [1.82, 2.24) is 9.91 Å². The van der Waals surface area contributed by atoms with E-state index in [0.29, 0.717) is 6.42 Å². The van der Waals surface area contributed by atoms with E-state index in [1.807, 2.05) is 67.5 Å². The van der Waals surface area contributed by atoms with Crippen LogP contribution < -0.4 is 4.90 Å². The average Bonchev–Trinajstić information content (AvgIpc) is 3.34. The van der Waals surface area contributed by atoms with Crippen LogP contribution in [0.25, 0.3) is 0 Å². The van der Waals surface area contributed by atoms with Gasteiger partial charge in [0.25, 0.3) is 11.1 Å². The van der Waals surface area contributed by atoms with Gasteiger partial charge in [-0.25, -0.2) is 5.01 Å². The first-order valence-electron chi connectivity index (χ1n) is 9.73. The molecule has 160 valence electrons. The van der Waals surface area contributed by atoms with Crippen LogP contribution in [0.1, 0.15) is 23.6 Å². The molecular formula is C22H21BrN4O3S. The lowest BCUT2D eigenvalue weighted by Crippen LogP contribution is -2.40. The van der Waals surface area contributed by atoms with Gasteiger partial charge in [0.1, 0.15) is 6.54 Å². The topological polar surface area (TPSA) is 73.3 Å². The number of nitrogens with zero attached hydrogens (tertiary/aromatic N) is 4. The summed E-state index contributed by atoms with van der Waals surface area (Å²) in [7, 11) is 3.94. The normalized spacial score (nSPS) is 18.5. The third-order valence-corrected chi connectivity index (χ3v) is 6.66. The number of carbonyl (C=O) groups excluding carboxylic acids is 3. The molecule has 7 nitrogen and oxygen atoms in total. The molecule has 2 heterocycles. The summed E-state index contributed by atoms with van der Waals surface area (Å²) in [6.45, 7) is -0.298. The Hall–Kier alpha value is -2.65. The van der Waals surface area contributed by atoms with Crippen LogP contribution in [0.3, 0.4) is 0 Å². The van der Waals surface area contributed by atoms with Crippen LogP contribution in [0.2, 0.25) is 0 Å². The number of imide groups is 1. The molecule has 2 aliphatic rings. The SMILES string of the molecule is CN(C)c1ccc(C2CC(c3ccc(Br)cc3)=NN2C(=O)CN2C(=O)CSC2=O)cc1. The number of hydrogen-bond acceptors (Lipinski definition) is 6. The van der Waals surface area contributed by atoms with Crippen molar-refractivity contribution in [1.29, 1.82) is 0 Å². The molecule has 1 atom stereocenters. The number of carbonyl (C=O) groups is 3. The fourth-order valence-corrected chi connectivity index (χ4v) is 4.54. The molecule has 2 aliphatic heterocycles. The van der Waals surface area contributed by atoms with Gasteiger partial charge in [0.15, 0.2) is 0 Å². The highest BCUT2D eigenvalue weighted by Gasteiger charge is 2.37. The molecule has 9 heteroatoms. The lowest BCUT2D eigenvalue weighted by molar-refractivity contribution is -0.137. The zero-order valence-corrected chi connectivity index (χ0v) is 19.5. The maximum absolute atomic E-state index is 13.1. The van der Waals surface area contributed by atoms with Gasteiger partial charge in [-0.05, 0) is 35.4 Å². The summed E-state index contributed by atoms with van der Waals surface area (Å²) in [5.74, 6) is -0.640. The first-order valence-corrected chi connectivity index (χ1v) is 11.5. The van der Waals surface area contributed by atoms with Crippen molar-refractivity contribution in [2.45, 2.75) is 12.5 Å². The Morgan fingerprint density at radius 1 is 1.13 bits per heavy atom. The smallest absolute Gasteiger partial charge is 0.289 e. The fraction of sp³-hybridized carbons (Fsp3) is 0.273. The van der Waals surface area contributed by atoms with Crippen LogP contribution in [-0.2, 0) is 9.59 Å². The predicted molar refractivity (Wildman–Crippen MR) is 125 cm³/mol. The van der Waals surface area contributed by atoms with E-state index in [-0.39, 0.29) is 35.4 Å². The van der Waals surface area contributed by atoms with Crippen molar-refractivity contribution in [2.75, 3.05) is 31.3 Å². The first kappa shape index (κ1) is 21.6. The second-order valence-corrected chi connectivity index (χ2v) is 9.37. The third kappa shape index (κ3) is 4.52. The zero-order valence-electron chi connectivity index (χ0n) is 17.1. The van der Waals surface area contributed by atoms with E-state index in [2.05, 4.69) is 21.0 Å². The minimum atomic E-state index is -0.387. The summed E-state index contributed by atoms with van der Waals surface area (Å²) < 4.78 is 0.960. The molecule has 1 saturated heterocycles. The van der Waals surface area contributed by atoms with E-state index in [4.69, 9.17) is 0 Å². The maximum atomic E-state index is 13.1. The molecule has 3 amide bonds. The lowest BCUT2D eigenvalue weighted by Gasteiger charge is -2.24. The molecule has 0 radical (unpaired) electrons. The van der Waals surface area contributed by atoms with E-state index in [9.17, 15) is 14.4 Å². The van der Waals surface area contributed by atoms with Crippen LogP contribution in [0, 0.1) is 0 Å². The Labute approximate surface area is 193 Å².